The average Bonchev–Trinajstić information content (AvgIpc) is 2.55. The van der Waals surface area contributed by atoms with Crippen LogP contribution in [-0.4, -0.2) is 12.6 Å². The molecule has 0 aromatic heterocycles. The van der Waals surface area contributed by atoms with Gasteiger partial charge in [-0.25, -0.2) is 4.39 Å². The van der Waals surface area contributed by atoms with E-state index in [1.54, 1.807) is 6.07 Å². The second-order valence-electron chi connectivity index (χ2n) is 5.38. The van der Waals surface area contributed by atoms with E-state index in [1.165, 1.54) is 12.1 Å². The highest BCUT2D eigenvalue weighted by Crippen LogP contribution is 2.35. The van der Waals surface area contributed by atoms with Gasteiger partial charge in [-0.2, -0.15) is 0 Å². The summed E-state index contributed by atoms with van der Waals surface area (Å²) in [6, 6.07) is 13.8. The molecular weight excluding hydrogens is 283 g/mol. The first-order valence-electron chi connectivity index (χ1n) is 7.33. The molecule has 0 aliphatic carbocycles. The molecule has 2 atom stereocenters. The average molecular weight is 300 g/mol. The number of carbonyl (C=O) groups excluding carboxylic acids is 1. The van der Waals surface area contributed by atoms with E-state index in [4.69, 9.17) is 9.47 Å². The van der Waals surface area contributed by atoms with Gasteiger partial charge in [0.25, 0.3) is 0 Å². The number of hydrogen-bond donors (Lipinski definition) is 0. The van der Waals surface area contributed by atoms with E-state index in [2.05, 4.69) is 0 Å². The number of fused-ring (bicyclic) bond motifs is 1. The van der Waals surface area contributed by atoms with E-state index >= 15 is 0 Å². The molecule has 4 heteroatoms. The maximum atomic E-state index is 13.2. The van der Waals surface area contributed by atoms with Crippen molar-refractivity contribution in [1.29, 1.82) is 0 Å². The normalized spacial score (nSPS) is 18.0. The van der Waals surface area contributed by atoms with Gasteiger partial charge in [0.15, 0.2) is 0 Å². The summed E-state index contributed by atoms with van der Waals surface area (Å²) in [7, 11) is 0. The Morgan fingerprint density at radius 1 is 1.27 bits per heavy atom. The summed E-state index contributed by atoms with van der Waals surface area (Å²) in [5.74, 6) is -0.527. The van der Waals surface area contributed by atoms with E-state index in [-0.39, 0.29) is 23.8 Å². The summed E-state index contributed by atoms with van der Waals surface area (Å²) in [4.78, 5) is 12.4. The number of ether oxygens (including phenoxy) is 2. The van der Waals surface area contributed by atoms with Crippen LogP contribution in [-0.2, 0) is 9.53 Å². The van der Waals surface area contributed by atoms with Crippen molar-refractivity contribution >= 4 is 5.97 Å². The Morgan fingerprint density at radius 2 is 2.05 bits per heavy atom. The van der Waals surface area contributed by atoms with Crippen LogP contribution in [0.4, 0.5) is 4.39 Å². The molecule has 0 amide bonds. The van der Waals surface area contributed by atoms with Gasteiger partial charge in [-0.3, -0.25) is 4.79 Å². The van der Waals surface area contributed by atoms with E-state index in [9.17, 15) is 9.18 Å². The van der Waals surface area contributed by atoms with E-state index in [0.29, 0.717) is 18.8 Å². The summed E-state index contributed by atoms with van der Waals surface area (Å²) in [5.41, 5.74) is 1.64. The Hall–Kier alpha value is -2.36. The van der Waals surface area contributed by atoms with Crippen molar-refractivity contribution in [3.63, 3.8) is 0 Å². The zero-order valence-electron chi connectivity index (χ0n) is 12.3. The molecule has 22 heavy (non-hydrogen) atoms. The standard InChI is InChI=1S/C18H17FO3/c1-12(13-5-3-2-4-6-13)18(20)22-16-9-10-21-17-11-14(19)7-8-15(16)17/h2-8,11-12,16H,9-10H2,1H3/t12-,16?/m1/s1. The molecule has 0 saturated carbocycles. The molecule has 1 aliphatic heterocycles. The van der Waals surface area contributed by atoms with E-state index < -0.39 is 0 Å². The lowest BCUT2D eigenvalue weighted by atomic mass is 10.00. The molecule has 3 rings (SSSR count). The van der Waals surface area contributed by atoms with Gasteiger partial charge in [-0.05, 0) is 24.6 Å². The molecule has 0 saturated heterocycles. The van der Waals surface area contributed by atoms with E-state index in [1.807, 2.05) is 37.3 Å². The minimum absolute atomic E-state index is 0.284. The van der Waals surface area contributed by atoms with Gasteiger partial charge in [-0.15, -0.1) is 0 Å². The van der Waals surface area contributed by atoms with Crippen molar-refractivity contribution in [2.24, 2.45) is 0 Å². The summed E-state index contributed by atoms with van der Waals surface area (Å²) >= 11 is 0. The highest BCUT2D eigenvalue weighted by atomic mass is 19.1. The zero-order valence-corrected chi connectivity index (χ0v) is 12.3. The lowest BCUT2D eigenvalue weighted by Crippen LogP contribution is -2.22. The van der Waals surface area contributed by atoms with Crippen LogP contribution in [0.25, 0.3) is 0 Å². The first kappa shape index (κ1) is 14.6. The van der Waals surface area contributed by atoms with Gasteiger partial charge in [0.2, 0.25) is 0 Å². The van der Waals surface area contributed by atoms with Crippen molar-refractivity contribution in [3.8, 4) is 5.75 Å². The summed E-state index contributed by atoms with van der Waals surface area (Å²) in [6.07, 6.45) is 0.189. The van der Waals surface area contributed by atoms with Gasteiger partial charge < -0.3 is 9.47 Å². The lowest BCUT2D eigenvalue weighted by molar-refractivity contribution is -0.152. The van der Waals surface area contributed by atoms with Gasteiger partial charge in [0, 0.05) is 18.1 Å². The van der Waals surface area contributed by atoms with Gasteiger partial charge in [-0.1, -0.05) is 30.3 Å². The maximum Gasteiger partial charge on any atom is 0.313 e. The highest BCUT2D eigenvalue weighted by molar-refractivity contribution is 5.78. The molecule has 1 heterocycles. The first-order valence-corrected chi connectivity index (χ1v) is 7.33. The van der Waals surface area contributed by atoms with E-state index in [0.717, 1.165) is 11.1 Å². The SMILES string of the molecule is C[C@@H](C(=O)OC1CCOc2cc(F)ccc21)c1ccccc1. The number of rotatable bonds is 3. The molecule has 1 aliphatic rings. The third kappa shape index (κ3) is 2.96. The summed E-state index contributed by atoms with van der Waals surface area (Å²) in [5, 5.41) is 0. The first-order chi connectivity index (χ1) is 10.6. The number of esters is 1. The van der Waals surface area contributed by atoms with Crippen LogP contribution in [0.3, 0.4) is 0 Å². The Kier molecular flexibility index (Phi) is 4.09. The number of benzene rings is 2. The second-order valence-corrected chi connectivity index (χ2v) is 5.38. The Balaban J connectivity index is 1.76. The molecule has 0 radical (unpaired) electrons. The van der Waals surface area contributed by atoms with Crippen molar-refractivity contribution in [2.75, 3.05) is 6.61 Å². The third-order valence-electron chi connectivity index (χ3n) is 3.87. The number of carbonyl (C=O) groups is 1. The van der Waals surface area contributed by atoms with Crippen molar-refractivity contribution in [3.05, 3.63) is 65.5 Å². The second kappa shape index (κ2) is 6.18. The van der Waals surface area contributed by atoms with Crippen LogP contribution in [0.15, 0.2) is 48.5 Å². The van der Waals surface area contributed by atoms with Crippen molar-refractivity contribution in [1.82, 2.24) is 0 Å². The molecular formula is C18H17FO3. The van der Waals surface area contributed by atoms with Crippen LogP contribution >= 0.6 is 0 Å². The van der Waals surface area contributed by atoms with Crippen LogP contribution < -0.4 is 4.74 Å². The number of halogens is 1. The molecule has 0 fully saturated rings. The van der Waals surface area contributed by atoms with Crippen LogP contribution in [0.1, 0.15) is 36.5 Å². The van der Waals surface area contributed by atoms with Crippen LogP contribution in [0.2, 0.25) is 0 Å². The quantitative estimate of drug-likeness (QED) is 0.804. The summed E-state index contributed by atoms with van der Waals surface area (Å²) in [6.45, 7) is 2.23. The Morgan fingerprint density at radius 3 is 2.82 bits per heavy atom. The Labute approximate surface area is 128 Å². The number of hydrogen-bond acceptors (Lipinski definition) is 3. The smallest absolute Gasteiger partial charge is 0.313 e. The Bertz CT molecular complexity index is 669. The molecule has 0 bridgehead atoms. The molecule has 1 unspecified atom stereocenters. The molecule has 3 nitrogen and oxygen atoms in total. The third-order valence-corrected chi connectivity index (χ3v) is 3.87. The minimum atomic E-state index is -0.386. The maximum absolute atomic E-state index is 13.2. The predicted molar refractivity (Wildman–Crippen MR) is 80.2 cm³/mol. The lowest BCUT2D eigenvalue weighted by Gasteiger charge is -2.27. The van der Waals surface area contributed by atoms with Crippen molar-refractivity contribution in [2.45, 2.75) is 25.4 Å². The van der Waals surface area contributed by atoms with Gasteiger partial charge in [0.05, 0.1) is 12.5 Å². The highest BCUT2D eigenvalue weighted by Gasteiger charge is 2.27. The fraction of sp³-hybridized carbons (Fsp3) is 0.278. The minimum Gasteiger partial charge on any atom is -0.493 e. The molecule has 114 valence electrons. The molecule has 2 aromatic rings. The molecule has 0 spiro atoms. The summed E-state index contributed by atoms with van der Waals surface area (Å²) < 4.78 is 24.3. The zero-order chi connectivity index (χ0) is 15.5. The van der Waals surface area contributed by atoms with Gasteiger partial charge in [0.1, 0.15) is 17.7 Å². The fourth-order valence-corrected chi connectivity index (χ4v) is 2.57. The van der Waals surface area contributed by atoms with Gasteiger partial charge >= 0.3 is 5.97 Å². The van der Waals surface area contributed by atoms with Crippen LogP contribution in [0.5, 0.6) is 5.75 Å². The fourth-order valence-electron chi connectivity index (χ4n) is 2.57. The topological polar surface area (TPSA) is 35.5 Å². The molecule has 2 aromatic carbocycles. The molecule has 0 N–H and O–H groups in total. The predicted octanol–water partition coefficient (Wildman–Crippen LogP) is 4.00. The monoisotopic (exact) mass is 300 g/mol. The van der Waals surface area contributed by atoms with Crippen LogP contribution in [0, 0.1) is 5.82 Å². The largest absolute Gasteiger partial charge is 0.493 e. The van der Waals surface area contributed by atoms with Crippen molar-refractivity contribution < 1.29 is 18.7 Å².